The first-order valence-corrected chi connectivity index (χ1v) is 12.4. The Hall–Kier alpha value is -4.46. The molecule has 3 aliphatic heterocycles. The zero-order chi connectivity index (χ0) is 25.4. The highest BCUT2D eigenvalue weighted by molar-refractivity contribution is 6.06. The average Bonchev–Trinajstić information content (AvgIpc) is 3.33. The molecule has 2 aromatic carbocycles. The molecule has 0 radical (unpaired) electrons. The second-order valence-corrected chi connectivity index (χ2v) is 9.56. The van der Waals surface area contributed by atoms with Crippen molar-refractivity contribution in [1.82, 2.24) is 10.2 Å². The smallest absolute Gasteiger partial charge is 0.249 e. The fourth-order valence-electron chi connectivity index (χ4n) is 5.03. The van der Waals surface area contributed by atoms with Gasteiger partial charge in [0.1, 0.15) is 18.5 Å². The van der Waals surface area contributed by atoms with Crippen molar-refractivity contribution in [2.24, 2.45) is 4.99 Å². The fraction of sp³-hybridized carbons (Fsp3) is 0.241. The fourth-order valence-corrected chi connectivity index (χ4v) is 5.03. The lowest BCUT2D eigenvalue weighted by Gasteiger charge is -2.29. The Labute approximate surface area is 214 Å². The average molecular weight is 495 g/mol. The first kappa shape index (κ1) is 23.0. The number of nitrogens with zero attached hydrogens (tertiary/aromatic N) is 2. The van der Waals surface area contributed by atoms with Crippen molar-refractivity contribution in [3.05, 3.63) is 100 Å². The summed E-state index contributed by atoms with van der Waals surface area (Å²) in [6, 6.07) is 15.9. The molecular formula is C29H26N4O4. The number of ether oxygens (including phenoxy) is 1. The molecule has 8 nitrogen and oxygen atoms in total. The van der Waals surface area contributed by atoms with Crippen LogP contribution in [0, 0.1) is 0 Å². The number of ketones is 1. The van der Waals surface area contributed by atoms with Crippen LogP contribution in [0.2, 0.25) is 0 Å². The number of aliphatic imine (C=N–C) groups is 1. The molecule has 2 amide bonds. The second-order valence-electron chi connectivity index (χ2n) is 9.56. The number of benzene rings is 2. The summed E-state index contributed by atoms with van der Waals surface area (Å²) in [5.74, 6) is 0.518. The number of carbonyl (C=O) groups is 3. The molecule has 1 aliphatic carbocycles. The normalized spacial score (nSPS) is 20.6. The van der Waals surface area contributed by atoms with E-state index in [1.807, 2.05) is 35.4 Å². The van der Waals surface area contributed by atoms with E-state index < -0.39 is 6.04 Å². The van der Waals surface area contributed by atoms with Gasteiger partial charge in [0.25, 0.3) is 0 Å². The molecule has 0 spiro atoms. The highest BCUT2D eigenvalue weighted by atomic mass is 16.5. The zero-order valence-electron chi connectivity index (χ0n) is 20.2. The van der Waals surface area contributed by atoms with E-state index in [1.54, 1.807) is 6.08 Å². The largest absolute Gasteiger partial charge is 0.484 e. The Balaban J connectivity index is 1.10. The van der Waals surface area contributed by atoms with Gasteiger partial charge in [-0.05, 0) is 46.9 Å². The van der Waals surface area contributed by atoms with Gasteiger partial charge in [0.15, 0.2) is 5.76 Å². The van der Waals surface area contributed by atoms with Crippen molar-refractivity contribution in [3.63, 3.8) is 0 Å². The molecule has 1 saturated heterocycles. The Bertz CT molecular complexity index is 1420. The molecule has 4 aliphatic rings. The van der Waals surface area contributed by atoms with Crippen LogP contribution in [0.15, 0.2) is 88.8 Å². The number of para-hydroxylation sites is 1. The Morgan fingerprint density at radius 1 is 0.973 bits per heavy atom. The molecular weight excluding hydrogens is 468 g/mol. The van der Waals surface area contributed by atoms with E-state index in [9.17, 15) is 14.4 Å². The third-order valence-electron chi connectivity index (χ3n) is 7.03. The van der Waals surface area contributed by atoms with Gasteiger partial charge < -0.3 is 15.0 Å². The summed E-state index contributed by atoms with van der Waals surface area (Å²) in [5, 5.41) is 5.81. The molecule has 1 unspecified atom stereocenters. The maximum absolute atomic E-state index is 12.7. The van der Waals surface area contributed by atoms with E-state index in [2.05, 4.69) is 39.9 Å². The molecule has 1 fully saturated rings. The molecule has 186 valence electrons. The van der Waals surface area contributed by atoms with Crippen molar-refractivity contribution < 1.29 is 19.1 Å². The summed E-state index contributed by atoms with van der Waals surface area (Å²) >= 11 is 0. The standard InChI is InChI=1S/C29H26N4O4/c34-25-11-9-21-15-33(24-10-12-27(35)32-29(24)36)16-22(21)28(25)37-17-19-7-5-18(6-8-19)13-26-30-14-20-3-1-2-4-23(20)31-26/h1-9,11,15,24H,10,12-14,16-17H2,(H,30,31)(H,32,35,36). The molecule has 0 aromatic heterocycles. The number of fused-ring (bicyclic) bond motifs is 2. The maximum atomic E-state index is 12.7. The van der Waals surface area contributed by atoms with E-state index >= 15 is 0 Å². The summed E-state index contributed by atoms with van der Waals surface area (Å²) in [7, 11) is 0. The maximum Gasteiger partial charge on any atom is 0.249 e. The first-order valence-electron chi connectivity index (χ1n) is 12.4. The molecule has 8 heteroatoms. The second kappa shape index (κ2) is 9.54. The topological polar surface area (TPSA) is 100 Å². The molecule has 1 atom stereocenters. The summed E-state index contributed by atoms with van der Waals surface area (Å²) in [6.07, 6.45) is 6.59. The van der Waals surface area contributed by atoms with Crippen LogP contribution in [-0.4, -0.2) is 40.9 Å². The minimum atomic E-state index is -0.433. The molecule has 2 N–H and O–H groups in total. The lowest BCUT2D eigenvalue weighted by atomic mass is 10.00. The van der Waals surface area contributed by atoms with E-state index in [0.29, 0.717) is 38.1 Å². The number of piperidine rings is 1. The van der Waals surface area contributed by atoms with Gasteiger partial charge in [-0.3, -0.25) is 24.7 Å². The summed E-state index contributed by atoms with van der Waals surface area (Å²) in [4.78, 5) is 43.0. The van der Waals surface area contributed by atoms with Crippen molar-refractivity contribution in [2.45, 2.75) is 38.5 Å². The number of rotatable bonds is 6. The Morgan fingerprint density at radius 3 is 2.62 bits per heavy atom. The number of imide groups is 1. The Kier molecular flexibility index (Phi) is 5.92. The van der Waals surface area contributed by atoms with Crippen LogP contribution >= 0.6 is 0 Å². The van der Waals surface area contributed by atoms with Crippen LogP contribution in [0.1, 0.15) is 29.5 Å². The van der Waals surface area contributed by atoms with E-state index in [1.165, 1.54) is 11.6 Å². The van der Waals surface area contributed by atoms with Crippen LogP contribution < -0.4 is 10.6 Å². The van der Waals surface area contributed by atoms with Gasteiger partial charge in [-0.2, -0.15) is 0 Å². The number of carbonyl (C=O) groups excluding carboxylic acids is 3. The van der Waals surface area contributed by atoms with Crippen molar-refractivity contribution >= 4 is 29.1 Å². The number of hydrogen-bond donors (Lipinski definition) is 2. The molecule has 6 rings (SSSR count). The predicted molar refractivity (Wildman–Crippen MR) is 138 cm³/mol. The van der Waals surface area contributed by atoms with Gasteiger partial charge in [0, 0.05) is 36.8 Å². The van der Waals surface area contributed by atoms with Crippen LogP contribution in [0.3, 0.4) is 0 Å². The number of allylic oxidation sites excluding steroid dienone is 2. The van der Waals surface area contributed by atoms with Crippen molar-refractivity contribution in [2.75, 3.05) is 11.9 Å². The molecule has 3 heterocycles. The van der Waals surface area contributed by atoms with Gasteiger partial charge in [-0.1, -0.05) is 42.5 Å². The van der Waals surface area contributed by atoms with Crippen LogP contribution in [0.5, 0.6) is 0 Å². The lowest BCUT2D eigenvalue weighted by molar-refractivity contribution is -0.136. The number of amidine groups is 1. The quantitative estimate of drug-likeness (QED) is 0.599. The van der Waals surface area contributed by atoms with Crippen molar-refractivity contribution in [1.29, 1.82) is 0 Å². The van der Waals surface area contributed by atoms with Crippen LogP contribution in [0.4, 0.5) is 5.69 Å². The van der Waals surface area contributed by atoms with Crippen LogP contribution in [-0.2, 0) is 38.7 Å². The van der Waals surface area contributed by atoms with Gasteiger partial charge >= 0.3 is 0 Å². The molecule has 0 bridgehead atoms. The first-order chi connectivity index (χ1) is 18.0. The zero-order valence-corrected chi connectivity index (χ0v) is 20.2. The van der Waals surface area contributed by atoms with E-state index in [4.69, 9.17) is 4.74 Å². The Morgan fingerprint density at radius 2 is 1.78 bits per heavy atom. The highest BCUT2D eigenvalue weighted by Gasteiger charge is 2.36. The third-order valence-corrected chi connectivity index (χ3v) is 7.03. The lowest BCUT2D eigenvalue weighted by Crippen LogP contribution is -2.50. The minimum Gasteiger partial charge on any atom is -0.484 e. The van der Waals surface area contributed by atoms with Crippen molar-refractivity contribution in [3.8, 4) is 0 Å². The van der Waals surface area contributed by atoms with Gasteiger partial charge in [-0.25, -0.2) is 0 Å². The minimum absolute atomic E-state index is 0.185. The molecule has 2 aromatic rings. The summed E-state index contributed by atoms with van der Waals surface area (Å²) in [6.45, 7) is 1.34. The van der Waals surface area contributed by atoms with Gasteiger partial charge in [0.05, 0.1) is 6.54 Å². The monoisotopic (exact) mass is 494 g/mol. The summed E-state index contributed by atoms with van der Waals surface area (Å²) < 4.78 is 6.02. The number of hydrogen-bond acceptors (Lipinski definition) is 7. The van der Waals surface area contributed by atoms with E-state index in [0.717, 1.165) is 33.8 Å². The third kappa shape index (κ3) is 4.70. The summed E-state index contributed by atoms with van der Waals surface area (Å²) in [5.41, 5.74) is 6.02. The molecule has 37 heavy (non-hydrogen) atoms. The number of anilines is 1. The predicted octanol–water partition coefficient (Wildman–Crippen LogP) is 3.17. The van der Waals surface area contributed by atoms with Gasteiger partial charge in [-0.15, -0.1) is 0 Å². The molecule has 0 saturated carbocycles. The SMILES string of the molecule is O=C1CCC(N2C=C3C=CC(=O)C(OCc4ccc(CC5=NCc6ccccc6N5)cc4)=C3C2)C(=O)N1. The van der Waals surface area contributed by atoms with E-state index in [-0.39, 0.29) is 24.2 Å². The number of amides is 2. The highest BCUT2D eigenvalue weighted by Crippen LogP contribution is 2.32. The number of nitrogens with one attached hydrogen (secondary N) is 2. The van der Waals surface area contributed by atoms with Gasteiger partial charge in [0.2, 0.25) is 17.6 Å². The van der Waals surface area contributed by atoms with Crippen LogP contribution in [0.25, 0.3) is 0 Å².